The van der Waals surface area contributed by atoms with Crippen LogP contribution >= 0.6 is 11.8 Å². The van der Waals surface area contributed by atoms with Crippen LogP contribution in [0.15, 0.2) is 48.5 Å². The van der Waals surface area contributed by atoms with Crippen LogP contribution in [0.1, 0.15) is 24.0 Å². The largest absolute Gasteiger partial charge is 0.479 e. The molecule has 0 saturated carbocycles. The second kappa shape index (κ2) is 7.41. The number of rotatable bonds is 6. The molecule has 136 valence electrons. The molecule has 2 aromatic rings. The van der Waals surface area contributed by atoms with Crippen molar-refractivity contribution in [1.29, 1.82) is 0 Å². The summed E-state index contributed by atoms with van der Waals surface area (Å²) in [6.07, 6.45) is 1.08. The van der Waals surface area contributed by atoms with Crippen LogP contribution in [-0.4, -0.2) is 41.3 Å². The van der Waals surface area contributed by atoms with E-state index in [2.05, 4.69) is 17.4 Å². The van der Waals surface area contributed by atoms with Crippen LogP contribution in [-0.2, 0) is 9.53 Å². The Morgan fingerprint density at radius 1 is 1.12 bits per heavy atom. The van der Waals surface area contributed by atoms with Crippen molar-refractivity contribution in [3.8, 4) is 11.1 Å². The number of hydrogen-bond donors (Lipinski definition) is 2. The molecule has 0 fully saturated rings. The van der Waals surface area contributed by atoms with Crippen LogP contribution in [0.25, 0.3) is 11.1 Å². The lowest BCUT2D eigenvalue weighted by Gasteiger charge is -2.25. The number of amides is 1. The number of benzene rings is 2. The first-order valence-electron chi connectivity index (χ1n) is 8.32. The quantitative estimate of drug-likeness (QED) is 0.809. The molecule has 0 aliphatic heterocycles. The van der Waals surface area contributed by atoms with Gasteiger partial charge in [0.05, 0.1) is 0 Å². The van der Waals surface area contributed by atoms with E-state index in [1.54, 1.807) is 6.26 Å². The van der Waals surface area contributed by atoms with Crippen molar-refractivity contribution in [2.75, 3.05) is 18.6 Å². The van der Waals surface area contributed by atoms with Crippen molar-refractivity contribution in [2.45, 2.75) is 18.4 Å². The minimum Gasteiger partial charge on any atom is -0.479 e. The van der Waals surface area contributed by atoms with E-state index in [-0.39, 0.29) is 18.3 Å². The first kappa shape index (κ1) is 18.3. The summed E-state index contributed by atoms with van der Waals surface area (Å²) in [5.74, 6) is -0.878. The van der Waals surface area contributed by atoms with Gasteiger partial charge in [0, 0.05) is 11.7 Å². The van der Waals surface area contributed by atoms with Crippen LogP contribution in [0, 0.1) is 0 Å². The first-order chi connectivity index (χ1) is 12.5. The molecule has 1 amide bonds. The summed E-state index contributed by atoms with van der Waals surface area (Å²) in [6.45, 7) is 1.64. The monoisotopic (exact) mass is 371 g/mol. The molecule has 3 rings (SSSR count). The van der Waals surface area contributed by atoms with Gasteiger partial charge >= 0.3 is 12.1 Å². The van der Waals surface area contributed by atoms with Crippen LogP contribution in [0.4, 0.5) is 4.79 Å². The number of thioether (sulfide) groups is 1. The van der Waals surface area contributed by atoms with E-state index in [1.807, 2.05) is 36.4 Å². The van der Waals surface area contributed by atoms with E-state index >= 15 is 0 Å². The molecule has 0 bridgehead atoms. The highest BCUT2D eigenvalue weighted by Crippen LogP contribution is 2.44. The fourth-order valence-electron chi connectivity index (χ4n) is 3.30. The maximum Gasteiger partial charge on any atom is 0.408 e. The van der Waals surface area contributed by atoms with Crippen molar-refractivity contribution in [3.05, 3.63) is 59.7 Å². The van der Waals surface area contributed by atoms with Crippen molar-refractivity contribution in [1.82, 2.24) is 5.32 Å². The number of ether oxygens (including phenoxy) is 1. The number of alkyl carbamates (subject to hydrolysis) is 1. The van der Waals surface area contributed by atoms with E-state index in [0.29, 0.717) is 0 Å². The van der Waals surface area contributed by atoms with Crippen molar-refractivity contribution >= 4 is 23.8 Å². The molecule has 1 unspecified atom stereocenters. The SMILES string of the molecule is CSCC(C)(NC(=O)OCC1c2ccccc2-c2ccccc21)C(=O)O. The molecule has 26 heavy (non-hydrogen) atoms. The zero-order valence-corrected chi connectivity index (χ0v) is 15.5. The third-order valence-corrected chi connectivity index (χ3v) is 5.49. The normalized spacial score (nSPS) is 14.8. The second-order valence-corrected chi connectivity index (χ2v) is 7.39. The Morgan fingerprint density at radius 2 is 1.65 bits per heavy atom. The fourth-order valence-corrected chi connectivity index (χ4v) is 4.07. The van der Waals surface area contributed by atoms with Crippen molar-refractivity contribution < 1.29 is 19.4 Å². The Kier molecular flexibility index (Phi) is 5.23. The summed E-state index contributed by atoms with van der Waals surface area (Å²) in [4.78, 5) is 23.7. The topological polar surface area (TPSA) is 75.6 Å². The van der Waals surface area contributed by atoms with Crippen LogP contribution < -0.4 is 5.32 Å². The molecule has 1 aliphatic carbocycles. The molecule has 0 heterocycles. The predicted octanol–water partition coefficient (Wildman–Crippen LogP) is 3.73. The van der Waals surface area contributed by atoms with E-state index in [9.17, 15) is 14.7 Å². The highest BCUT2D eigenvalue weighted by atomic mass is 32.2. The maximum absolute atomic E-state index is 12.2. The highest BCUT2D eigenvalue weighted by Gasteiger charge is 2.36. The van der Waals surface area contributed by atoms with Gasteiger partial charge in [0.1, 0.15) is 12.1 Å². The predicted molar refractivity (Wildman–Crippen MR) is 103 cm³/mol. The Hall–Kier alpha value is -2.47. The lowest BCUT2D eigenvalue weighted by molar-refractivity contribution is -0.142. The lowest BCUT2D eigenvalue weighted by atomic mass is 9.98. The molecule has 2 N–H and O–H groups in total. The van der Waals surface area contributed by atoms with Crippen LogP contribution in [0.3, 0.4) is 0 Å². The van der Waals surface area contributed by atoms with E-state index in [0.717, 1.165) is 22.3 Å². The molecular formula is C20H21NO4S. The van der Waals surface area contributed by atoms with Gasteiger partial charge in [0.25, 0.3) is 0 Å². The van der Waals surface area contributed by atoms with Gasteiger partial charge in [-0.2, -0.15) is 11.8 Å². The molecule has 5 nitrogen and oxygen atoms in total. The Bertz CT molecular complexity index is 793. The Morgan fingerprint density at radius 3 is 2.15 bits per heavy atom. The summed E-state index contributed by atoms with van der Waals surface area (Å²) < 4.78 is 5.41. The molecule has 0 aromatic heterocycles. The number of nitrogens with one attached hydrogen (secondary N) is 1. The standard InChI is InChI=1S/C20H21NO4S/c1-20(12-26-2,18(22)23)21-19(24)25-11-17-15-9-5-3-7-13(15)14-8-4-6-10-16(14)17/h3-10,17H,11-12H2,1-2H3,(H,21,24)(H,22,23). The average molecular weight is 371 g/mol. The summed E-state index contributed by atoms with van der Waals surface area (Å²) in [6, 6.07) is 16.1. The summed E-state index contributed by atoms with van der Waals surface area (Å²) >= 11 is 1.35. The molecule has 2 aromatic carbocycles. The number of carbonyl (C=O) groups excluding carboxylic acids is 1. The van der Waals surface area contributed by atoms with Crippen molar-refractivity contribution in [3.63, 3.8) is 0 Å². The number of fused-ring (bicyclic) bond motifs is 3. The van der Waals surface area contributed by atoms with Gasteiger partial charge in [0.2, 0.25) is 0 Å². The van der Waals surface area contributed by atoms with Gasteiger partial charge in [-0.25, -0.2) is 9.59 Å². The number of carboxylic acid groups (broad SMARTS) is 1. The molecule has 0 spiro atoms. The third-order valence-electron chi connectivity index (χ3n) is 4.63. The Labute approximate surface area is 156 Å². The van der Waals surface area contributed by atoms with Crippen LogP contribution in [0.2, 0.25) is 0 Å². The van der Waals surface area contributed by atoms with Gasteiger partial charge in [-0.05, 0) is 35.4 Å². The summed E-state index contributed by atoms with van der Waals surface area (Å²) in [7, 11) is 0. The number of carboxylic acids is 1. The highest BCUT2D eigenvalue weighted by molar-refractivity contribution is 7.98. The smallest absolute Gasteiger partial charge is 0.408 e. The fraction of sp³-hybridized carbons (Fsp3) is 0.300. The minimum absolute atomic E-state index is 0.0511. The first-order valence-corrected chi connectivity index (χ1v) is 9.71. The lowest BCUT2D eigenvalue weighted by Crippen LogP contribution is -2.54. The Balaban J connectivity index is 1.74. The molecule has 0 saturated heterocycles. The van der Waals surface area contributed by atoms with Gasteiger partial charge in [-0.1, -0.05) is 48.5 Å². The summed E-state index contributed by atoms with van der Waals surface area (Å²) in [5.41, 5.74) is 3.17. The summed E-state index contributed by atoms with van der Waals surface area (Å²) in [5, 5.41) is 11.9. The van der Waals surface area contributed by atoms with Crippen molar-refractivity contribution in [2.24, 2.45) is 0 Å². The third kappa shape index (κ3) is 3.42. The van der Waals surface area contributed by atoms with Gasteiger partial charge in [0.15, 0.2) is 0 Å². The zero-order valence-electron chi connectivity index (χ0n) is 14.7. The zero-order chi connectivity index (χ0) is 18.7. The minimum atomic E-state index is -1.36. The van der Waals surface area contributed by atoms with Crippen LogP contribution in [0.5, 0.6) is 0 Å². The average Bonchev–Trinajstić information content (AvgIpc) is 2.94. The molecule has 1 aliphatic rings. The number of hydrogen-bond acceptors (Lipinski definition) is 4. The molecule has 1 atom stereocenters. The molecular weight excluding hydrogens is 350 g/mol. The van der Waals surface area contributed by atoms with Gasteiger partial charge in [-0.15, -0.1) is 0 Å². The number of carbonyl (C=O) groups is 2. The molecule has 0 radical (unpaired) electrons. The van der Waals surface area contributed by atoms with Gasteiger partial charge in [-0.3, -0.25) is 0 Å². The van der Waals surface area contributed by atoms with E-state index < -0.39 is 17.6 Å². The van der Waals surface area contributed by atoms with E-state index in [4.69, 9.17) is 4.74 Å². The second-order valence-electron chi connectivity index (χ2n) is 6.52. The van der Waals surface area contributed by atoms with E-state index in [1.165, 1.54) is 18.7 Å². The maximum atomic E-state index is 12.2. The van der Waals surface area contributed by atoms with Gasteiger partial charge < -0.3 is 15.2 Å². The molecule has 6 heteroatoms. The number of aliphatic carboxylic acids is 1.